The van der Waals surface area contributed by atoms with E-state index in [0.717, 1.165) is 24.0 Å². The number of aromatic nitrogens is 5. The summed E-state index contributed by atoms with van der Waals surface area (Å²) >= 11 is 0. The van der Waals surface area contributed by atoms with E-state index in [9.17, 15) is 14.9 Å². The fraction of sp³-hybridized carbons (Fsp3) is 0.273. The summed E-state index contributed by atoms with van der Waals surface area (Å²) in [6, 6.07) is 17.6. The van der Waals surface area contributed by atoms with Crippen LogP contribution < -0.4 is 10.6 Å². The van der Waals surface area contributed by atoms with Gasteiger partial charge in [-0.3, -0.25) is 9.97 Å². The normalized spacial score (nSPS) is 14.5. The zero-order valence-electron chi connectivity index (χ0n) is 24.1. The lowest BCUT2D eigenvalue weighted by molar-refractivity contribution is 0.443. The van der Waals surface area contributed by atoms with Crippen molar-refractivity contribution in [1.82, 2.24) is 25.0 Å². The molecule has 3 aromatic heterocycles. The van der Waals surface area contributed by atoms with Crippen LogP contribution in [0, 0.1) is 33.9 Å². The van der Waals surface area contributed by atoms with Gasteiger partial charge in [-0.05, 0) is 65.8 Å². The van der Waals surface area contributed by atoms with Crippen LogP contribution in [0.3, 0.4) is 0 Å². The van der Waals surface area contributed by atoms with Crippen LogP contribution in [0.2, 0.25) is 0 Å². The number of fused-ring (bicyclic) bond motifs is 1. The maximum atomic E-state index is 14.0. The summed E-state index contributed by atoms with van der Waals surface area (Å²) in [4.78, 5) is 8.79. The molecular formula is C33H30FN9. The summed E-state index contributed by atoms with van der Waals surface area (Å²) in [6.45, 7) is 6.92. The van der Waals surface area contributed by atoms with Crippen LogP contribution in [0.4, 0.5) is 15.8 Å². The molecular weight excluding hydrogens is 541 g/mol. The minimum atomic E-state index is -0.539. The van der Waals surface area contributed by atoms with Gasteiger partial charge < -0.3 is 10.6 Å². The Bertz CT molecular complexity index is 1870. The summed E-state index contributed by atoms with van der Waals surface area (Å²) in [5.41, 5.74) is 4.76. The van der Waals surface area contributed by atoms with Gasteiger partial charge in [0.05, 0.1) is 51.9 Å². The second-order valence-electron chi connectivity index (χ2n) is 12.1. The van der Waals surface area contributed by atoms with Crippen LogP contribution in [-0.2, 0) is 5.54 Å². The second-order valence-corrected chi connectivity index (χ2v) is 12.1. The van der Waals surface area contributed by atoms with E-state index in [-0.39, 0.29) is 16.8 Å². The van der Waals surface area contributed by atoms with Gasteiger partial charge >= 0.3 is 0 Å². The lowest BCUT2D eigenvalue weighted by atomic mass is 9.96. The zero-order chi connectivity index (χ0) is 30.2. The Morgan fingerprint density at radius 1 is 1.05 bits per heavy atom. The number of halogens is 1. The van der Waals surface area contributed by atoms with Crippen LogP contribution in [-0.4, -0.2) is 31.5 Å². The van der Waals surface area contributed by atoms with Crippen molar-refractivity contribution in [2.75, 3.05) is 17.2 Å². The van der Waals surface area contributed by atoms with Crippen molar-refractivity contribution >= 4 is 22.3 Å². The molecule has 1 aliphatic carbocycles. The molecule has 5 aromatic rings. The van der Waals surface area contributed by atoms with E-state index in [4.69, 9.17) is 0 Å². The highest BCUT2D eigenvalue weighted by atomic mass is 19.1. The van der Waals surface area contributed by atoms with E-state index in [1.54, 1.807) is 42.9 Å². The Balaban J connectivity index is 1.45. The number of benzene rings is 2. The Kier molecular flexibility index (Phi) is 6.99. The number of nitrogens with zero attached hydrogens (tertiary/aromatic N) is 7. The molecule has 0 aliphatic heterocycles. The molecule has 3 heterocycles. The van der Waals surface area contributed by atoms with Crippen molar-refractivity contribution in [3.63, 3.8) is 0 Å². The first-order valence-corrected chi connectivity index (χ1v) is 14.1. The number of pyridine rings is 2. The molecule has 6 rings (SSSR count). The highest BCUT2D eigenvalue weighted by molar-refractivity contribution is 6.01. The van der Waals surface area contributed by atoms with Crippen LogP contribution in [0.15, 0.2) is 73.3 Å². The highest BCUT2D eigenvalue weighted by Gasteiger charge is 2.47. The SMILES string of the molecule is CC(C)(C)CNc1c(C#N)cnc2c(N[C@@H](c3ccc(F)cc3)c3cn(C4(c5ccncc5)CC4)nn3)cc(C#N)cc12. The molecule has 1 fully saturated rings. The maximum absolute atomic E-state index is 14.0. The second kappa shape index (κ2) is 10.8. The minimum Gasteiger partial charge on any atom is -0.383 e. The Labute approximate surface area is 249 Å². The Morgan fingerprint density at radius 2 is 1.79 bits per heavy atom. The van der Waals surface area contributed by atoms with Gasteiger partial charge in [0.2, 0.25) is 0 Å². The number of anilines is 2. The van der Waals surface area contributed by atoms with Crippen LogP contribution in [0.5, 0.6) is 0 Å². The third-order valence-corrected chi connectivity index (χ3v) is 7.71. The first-order valence-electron chi connectivity index (χ1n) is 14.1. The first kappa shape index (κ1) is 27.8. The summed E-state index contributed by atoms with van der Waals surface area (Å²) in [6.07, 6.45) is 8.87. The van der Waals surface area contributed by atoms with Gasteiger partial charge in [-0.2, -0.15) is 10.5 Å². The van der Waals surface area contributed by atoms with E-state index in [1.807, 2.05) is 23.0 Å². The summed E-state index contributed by atoms with van der Waals surface area (Å²) in [5, 5.41) is 36.5. The van der Waals surface area contributed by atoms with E-state index in [0.29, 0.717) is 45.6 Å². The minimum absolute atomic E-state index is 0.0507. The predicted octanol–water partition coefficient (Wildman–Crippen LogP) is 6.30. The maximum Gasteiger partial charge on any atom is 0.123 e. The molecule has 0 unspecified atom stereocenters. The molecule has 1 atom stereocenters. The fourth-order valence-corrected chi connectivity index (χ4v) is 5.29. The van der Waals surface area contributed by atoms with Gasteiger partial charge in [0, 0.05) is 30.5 Å². The molecule has 214 valence electrons. The van der Waals surface area contributed by atoms with E-state index >= 15 is 0 Å². The van der Waals surface area contributed by atoms with Crippen molar-refractivity contribution < 1.29 is 4.39 Å². The molecule has 0 amide bonds. The largest absolute Gasteiger partial charge is 0.383 e. The number of hydrogen-bond acceptors (Lipinski definition) is 8. The Morgan fingerprint density at radius 3 is 2.44 bits per heavy atom. The molecule has 2 N–H and O–H groups in total. The number of rotatable bonds is 8. The molecule has 2 aromatic carbocycles. The summed E-state index contributed by atoms with van der Waals surface area (Å²) in [7, 11) is 0. The van der Waals surface area contributed by atoms with Gasteiger partial charge in [-0.15, -0.1) is 5.10 Å². The van der Waals surface area contributed by atoms with Gasteiger partial charge in [-0.25, -0.2) is 9.07 Å². The number of nitriles is 2. The van der Waals surface area contributed by atoms with Gasteiger partial charge in [0.1, 0.15) is 17.6 Å². The van der Waals surface area contributed by atoms with Crippen molar-refractivity contribution in [3.05, 3.63) is 107 Å². The number of hydrogen-bond donors (Lipinski definition) is 2. The average Bonchev–Trinajstić information content (AvgIpc) is 3.68. The molecule has 1 saturated carbocycles. The molecule has 0 radical (unpaired) electrons. The molecule has 43 heavy (non-hydrogen) atoms. The quantitative estimate of drug-likeness (QED) is 0.222. The monoisotopic (exact) mass is 571 g/mol. The topological polar surface area (TPSA) is 128 Å². The standard InChI is InChI=1S/C33H30FN9/c1-32(2,3)20-39-29-23(17-36)18-38-31-26(29)14-21(16-35)15-27(31)40-30(22-4-6-25(34)7-5-22)28-19-43(42-41-28)33(10-11-33)24-8-12-37-13-9-24/h4-9,12-15,18-19,30,40H,10-11,20H2,1-3H3,(H,38,39)/t30-/m0/s1. The lowest BCUT2D eigenvalue weighted by Crippen LogP contribution is -2.20. The fourth-order valence-electron chi connectivity index (χ4n) is 5.29. The molecule has 10 heteroatoms. The molecule has 9 nitrogen and oxygen atoms in total. The van der Waals surface area contributed by atoms with Crippen molar-refractivity contribution in [2.45, 2.75) is 45.2 Å². The smallest absolute Gasteiger partial charge is 0.123 e. The molecule has 0 saturated heterocycles. The third-order valence-electron chi connectivity index (χ3n) is 7.71. The van der Waals surface area contributed by atoms with Gasteiger partial charge in [0.15, 0.2) is 0 Å². The van der Waals surface area contributed by atoms with Gasteiger partial charge in [0.25, 0.3) is 0 Å². The van der Waals surface area contributed by atoms with Crippen LogP contribution >= 0.6 is 0 Å². The average molecular weight is 572 g/mol. The van der Waals surface area contributed by atoms with E-state index in [1.165, 1.54) is 12.1 Å². The van der Waals surface area contributed by atoms with Crippen molar-refractivity contribution in [1.29, 1.82) is 10.5 Å². The molecule has 0 bridgehead atoms. The van der Waals surface area contributed by atoms with Crippen LogP contribution in [0.1, 0.15) is 67.6 Å². The third kappa shape index (κ3) is 5.47. The van der Waals surface area contributed by atoms with Crippen molar-refractivity contribution in [3.8, 4) is 12.1 Å². The first-order chi connectivity index (χ1) is 20.7. The van der Waals surface area contributed by atoms with Gasteiger partial charge in [-0.1, -0.05) is 38.1 Å². The lowest BCUT2D eigenvalue weighted by Gasteiger charge is -2.23. The summed E-state index contributed by atoms with van der Waals surface area (Å²) < 4.78 is 15.9. The highest BCUT2D eigenvalue weighted by Crippen LogP contribution is 2.49. The number of nitrogens with one attached hydrogen (secondary N) is 2. The van der Waals surface area contributed by atoms with Crippen LogP contribution in [0.25, 0.3) is 10.9 Å². The summed E-state index contributed by atoms with van der Waals surface area (Å²) in [5.74, 6) is -0.349. The molecule has 1 aliphatic rings. The van der Waals surface area contributed by atoms with E-state index < -0.39 is 6.04 Å². The molecule has 0 spiro atoms. The zero-order valence-corrected chi connectivity index (χ0v) is 24.1. The van der Waals surface area contributed by atoms with E-state index in [2.05, 4.69) is 63.8 Å². The Hall–Kier alpha value is -5.35. The predicted molar refractivity (Wildman–Crippen MR) is 162 cm³/mol. The van der Waals surface area contributed by atoms with Crippen molar-refractivity contribution in [2.24, 2.45) is 5.41 Å².